The van der Waals surface area contributed by atoms with Crippen LogP contribution >= 0.6 is 0 Å². The van der Waals surface area contributed by atoms with Crippen LogP contribution in [-0.4, -0.2) is 36.7 Å². The summed E-state index contributed by atoms with van der Waals surface area (Å²) in [5.41, 5.74) is 0.755. The molecule has 1 aliphatic heterocycles. The molecule has 0 radical (unpaired) electrons. The van der Waals surface area contributed by atoms with Gasteiger partial charge >= 0.3 is 0 Å². The molecule has 90 valence electrons. The van der Waals surface area contributed by atoms with E-state index in [1.165, 1.54) is 12.8 Å². The lowest BCUT2D eigenvalue weighted by molar-refractivity contribution is -0.0317. The summed E-state index contributed by atoms with van der Waals surface area (Å²) in [5, 5.41) is 0. The van der Waals surface area contributed by atoms with Crippen molar-refractivity contribution in [2.24, 2.45) is 5.41 Å². The van der Waals surface area contributed by atoms with E-state index in [0.29, 0.717) is 11.0 Å². The van der Waals surface area contributed by atoms with Gasteiger partial charge in [-0.1, -0.05) is 27.7 Å². The Labute approximate surface area is 95.0 Å². The molecule has 1 unspecified atom stereocenters. The van der Waals surface area contributed by atoms with E-state index in [1.54, 1.807) is 0 Å². The fraction of sp³-hybridized carbons (Fsp3) is 1.00. The van der Waals surface area contributed by atoms with Crippen molar-refractivity contribution in [1.82, 2.24) is 4.90 Å². The van der Waals surface area contributed by atoms with Crippen molar-refractivity contribution in [2.45, 2.75) is 53.0 Å². The van der Waals surface area contributed by atoms with E-state index in [9.17, 15) is 0 Å². The van der Waals surface area contributed by atoms with Crippen LogP contribution in [0.3, 0.4) is 0 Å². The maximum absolute atomic E-state index is 5.43. The van der Waals surface area contributed by atoms with Crippen molar-refractivity contribution in [1.29, 1.82) is 0 Å². The molecule has 1 fully saturated rings. The van der Waals surface area contributed by atoms with E-state index in [4.69, 9.17) is 4.74 Å². The Morgan fingerprint density at radius 3 is 2.00 bits per heavy atom. The lowest BCUT2D eigenvalue weighted by Crippen LogP contribution is -2.52. The number of morpholine rings is 1. The van der Waals surface area contributed by atoms with Gasteiger partial charge in [0, 0.05) is 18.6 Å². The number of hydrogen-bond donors (Lipinski definition) is 0. The lowest BCUT2D eigenvalue weighted by Gasteiger charge is -2.46. The monoisotopic (exact) mass is 213 g/mol. The van der Waals surface area contributed by atoms with Gasteiger partial charge in [0.2, 0.25) is 0 Å². The Hall–Kier alpha value is -0.0800. The van der Waals surface area contributed by atoms with Gasteiger partial charge in [-0.15, -0.1) is 0 Å². The Bertz CT molecular complexity index is 191. The van der Waals surface area contributed by atoms with Gasteiger partial charge in [-0.2, -0.15) is 0 Å². The summed E-state index contributed by atoms with van der Waals surface area (Å²) < 4.78 is 5.43. The smallest absolute Gasteiger partial charge is 0.0594 e. The average molecular weight is 213 g/mol. The molecule has 2 nitrogen and oxygen atoms in total. The summed E-state index contributed by atoms with van der Waals surface area (Å²) in [6.07, 6.45) is 2.49. The van der Waals surface area contributed by atoms with Gasteiger partial charge in [0.1, 0.15) is 0 Å². The van der Waals surface area contributed by atoms with Gasteiger partial charge in [0.05, 0.1) is 13.2 Å². The van der Waals surface area contributed by atoms with Crippen LogP contribution < -0.4 is 0 Å². The maximum Gasteiger partial charge on any atom is 0.0594 e. The zero-order valence-corrected chi connectivity index (χ0v) is 11.1. The second-order valence-electron chi connectivity index (χ2n) is 6.19. The van der Waals surface area contributed by atoms with Crippen molar-refractivity contribution in [3.63, 3.8) is 0 Å². The molecule has 0 amide bonds. The minimum atomic E-state index is 0.349. The maximum atomic E-state index is 5.43. The van der Waals surface area contributed by atoms with E-state index < -0.39 is 0 Å². The molecular formula is C13H27NO. The van der Waals surface area contributed by atoms with Gasteiger partial charge in [-0.05, 0) is 25.2 Å². The van der Waals surface area contributed by atoms with Gasteiger partial charge < -0.3 is 4.74 Å². The molecule has 1 heterocycles. The highest BCUT2D eigenvalue weighted by molar-refractivity contribution is 4.89. The highest BCUT2D eigenvalue weighted by atomic mass is 16.5. The molecule has 1 rings (SSSR count). The molecule has 1 saturated heterocycles. The van der Waals surface area contributed by atoms with Crippen LogP contribution in [0.5, 0.6) is 0 Å². The van der Waals surface area contributed by atoms with E-state index in [0.717, 1.165) is 26.3 Å². The molecular weight excluding hydrogens is 186 g/mol. The summed E-state index contributed by atoms with van der Waals surface area (Å²) in [6.45, 7) is 15.7. The molecule has 0 spiro atoms. The zero-order chi connectivity index (χ0) is 11.5. The second-order valence-corrected chi connectivity index (χ2v) is 6.19. The van der Waals surface area contributed by atoms with Crippen molar-refractivity contribution in [3.05, 3.63) is 0 Å². The first-order valence-electron chi connectivity index (χ1n) is 6.20. The SMILES string of the molecule is CCC(C)(CC(C)(C)C)N1CCOCC1. The number of ether oxygens (including phenoxy) is 1. The van der Waals surface area contributed by atoms with Crippen LogP contribution in [0.1, 0.15) is 47.5 Å². The van der Waals surface area contributed by atoms with Gasteiger partial charge in [-0.3, -0.25) is 4.90 Å². The molecule has 0 aliphatic carbocycles. The van der Waals surface area contributed by atoms with Gasteiger partial charge in [0.25, 0.3) is 0 Å². The van der Waals surface area contributed by atoms with E-state index >= 15 is 0 Å². The molecule has 2 heteroatoms. The third-order valence-electron chi connectivity index (χ3n) is 3.45. The van der Waals surface area contributed by atoms with E-state index in [-0.39, 0.29) is 0 Å². The summed E-state index contributed by atoms with van der Waals surface area (Å²) in [7, 11) is 0. The first-order valence-corrected chi connectivity index (χ1v) is 6.20. The molecule has 1 atom stereocenters. The molecule has 0 aromatic rings. The van der Waals surface area contributed by atoms with Gasteiger partial charge in [0.15, 0.2) is 0 Å². The Kier molecular flexibility index (Phi) is 4.19. The van der Waals surface area contributed by atoms with Crippen molar-refractivity contribution in [3.8, 4) is 0 Å². The summed E-state index contributed by atoms with van der Waals surface area (Å²) >= 11 is 0. The van der Waals surface area contributed by atoms with Crippen LogP contribution in [0.2, 0.25) is 0 Å². The summed E-state index contributed by atoms with van der Waals surface area (Å²) in [5.74, 6) is 0. The topological polar surface area (TPSA) is 12.5 Å². The van der Waals surface area contributed by atoms with Crippen molar-refractivity contribution < 1.29 is 4.74 Å². The lowest BCUT2D eigenvalue weighted by atomic mass is 9.78. The van der Waals surface area contributed by atoms with E-state index in [2.05, 4.69) is 39.5 Å². The largest absolute Gasteiger partial charge is 0.379 e. The van der Waals surface area contributed by atoms with Crippen LogP contribution in [0.4, 0.5) is 0 Å². The second kappa shape index (κ2) is 4.84. The number of nitrogens with zero attached hydrogens (tertiary/aromatic N) is 1. The normalized spacial score (nSPS) is 23.8. The molecule has 1 aliphatic rings. The van der Waals surface area contributed by atoms with E-state index in [1.807, 2.05) is 0 Å². The van der Waals surface area contributed by atoms with Crippen LogP contribution in [0, 0.1) is 5.41 Å². The van der Waals surface area contributed by atoms with Crippen molar-refractivity contribution in [2.75, 3.05) is 26.3 Å². The summed E-state index contributed by atoms with van der Waals surface area (Å²) in [6, 6.07) is 0. The minimum Gasteiger partial charge on any atom is -0.379 e. The van der Waals surface area contributed by atoms with Gasteiger partial charge in [-0.25, -0.2) is 0 Å². The Morgan fingerprint density at radius 2 is 1.60 bits per heavy atom. The third kappa shape index (κ3) is 3.76. The molecule has 0 N–H and O–H groups in total. The molecule has 15 heavy (non-hydrogen) atoms. The predicted molar refractivity (Wildman–Crippen MR) is 65.2 cm³/mol. The predicted octanol–water partition coefficient (Wildman–Crippen LogP) is 2.92. The Balaban J connectivity index is 2.65. The zero-order valence-electron chi connectivity index (χ0n) is 11.1. The summed E-state index contributed by atoms with van der Waals surface area (Å²) in [4.78, 5) is 2.61. The molecule has 0 aromatic carbocycles. The number of rotatable bonds is 3. The Morgan fingerprint density at radius 1 is 1.07 bits per heavy atom. The fourth-order valence-electron chi connectivity index (χ4n) is 2.71. The highest BCUT2D eigenvalue weighted by Crippen LogP contribution is 2.34. The van der Waals surface area contributed by atoms with Crippen LogP contribution in [0.25, 0.3) is 0 Å². The molecule has 0 aromatic heterocycles. The third-order valence-corrected chi connectivity index (χ3v) is 3.45. The average Bonchev–Trinajstić information content (AvgIpc) is 2.16. The fourth-order valence-corrected chi connectivity index (χ4v) is 2.71. The molecule has 0 bridgehead atoms. The standard InChI is InChI=1S/C13H27NO/c1-6-13(5,11-12(2,3)4)14-7-9-15-10-8-14/h6-11H2,1-5H3. The first kappa shape index (κ1) is 13.0. The van der Waals surface area contributed by atoms with Crippen molar-refractivity contribution >= 4 is 0 Å². The molecule has 0 saturated carbocycles. The first-order chi connectivity index (χ1) is 6.87. The van der Waals surface area contributed by atoms with Crippen LogP contribution in [-0.2, 0) is 4.74 Å². The highest BCUT2D eigenvalue weighted by Gasteiger charge is 2.34. The number of hydrogen-bond acceptors (Lipinski definition) is 2. The quantitative estimate of drug-likeness (QED) is 0.714. The van der Waals surface area contributed by atoms with Crippen LogP contribution in [0.15, 0.2) is 0 Å². The minimum absolute atomic E-state index is 0.349.